The second-order valence-electron chi connectivity index (χ2n) is 5.89. The van der Waals surface area contributed by atoms with Crippen LogP contribution in [-0.4, -0.2) is 20.5 Å². The minimum absolute atomic E-state index is 0. The molecule has 7 heteroatoms. The fourth-order valence-corrected chi connectivity index (χ4v) is 3.88. The maximum Gasteiger partial charge on any atom is 0.242 e. The number of hydrogen-bond acceptors (Lipinski definition) is 3. The lowest BCUT2D eigenvalue weighted by Crippen LogP contribution is -2.54. The van der Waals surface area contributed by atoms with E-state index < -0.39 is 15.6 Å². The van der Waals surface area contributed by atoms with Crippen LogP contribution in [0.1, 0.15) is 44.6 Å². The quantitative estimate of drug-likeness (QED) is 0.855. The summed E-state index contributed by atoms with van der Waals surface area (Å²) in [7, 11) is -3.62. The van der Waals surface area contributed by atoms with Crippen LogP contribution in [0.4, 0.5) is 0 Å². The van der Waals surface area contributed by atoms with Crippen LogP contribution in [0.3, 0.4) is 0 Å². The van der Waals surface area contributed by atoms with Crippen LogP contribution in [0.5, 0.6) is 0 Å². The molecule has 0 amide bonds. The molecule has 0 saturated heterocycles. The summed E-state index contributed by atoms with van der Waals surface area (Å²) >= 11 is 6.03. The molecule has 120 valence electrons. The standard InChI is InChI=1S/C14H21ClN2O2S.ClH/c1-10(2)11-4-5-12(15)13(8-11)20(18,19)17-9-14(16)6-3-7-14;/h4-5,8,10,17H,3,6-7,9,16H2,1-2H3;1H. The summed E-state index contributed by atoms with van der Waals surface area (Å²) < 4.78 is 27.3. The number of rotatable bonds is 5. The van der Waals surface area contributed by atoms with Gasteiger partial charge in [0.2, 0.25) is 10.0 Å². The molecule has 1 saturated carbocycles. The molecule has 1 aliphatic carbocycles. The molecule has 3 N–H and O–H groups in total. The van der Waals surface area contributed by atoms with Crippen LogP contribution in [0, 0.1) is 0 Å². The molecule has 0 bridgehead atoms. The molecule has 0 atom stereocenters. The van der Waals surface area contributed by atoms with Crippen molar-refractivity contribution >= 4 is 34.0 Å². The van der Waals surface area contributed by atoms with Gasteiger partial charge in [-0.1, -0.05) is 31.5 Å². The highest BCUT2D eigenvalue weighted by atomic mass is 35.5. The van der Waals surface area contributed by atoms with Gasteiger partial charge in [-0.05, 0) is 42.9 Å². The molecule has 0 heterocycles. The molecular weight excluding hydrogens is 331 g/mol. The number of hydrogen-bond donors (Lipinski definition) is 2. The number of benzene rings is 1. The predicted molar refractivity (Wildman–Crippen MR) is 88.7 cm³/mol. The molecule has 0 spiro atoms. The number of sulfonamides is 1. The minimum atomic E-state index is -3.62. The molecule has 1 aromatic carbocycles. The van der Waals surface area contributed by atoms with Crippen molar-refractivity contribution in [3.63, 3.8) is 0 Å². The van der Waals surface area contributed by atoms with Crippen molar-refractivity contribution in [3.05, 3.63) is 28.8 Å². The Bertz CT molecular complexity index is 599. The van der Waals surface area contributed by atoms with E-state index in [2.05, 4.69) is 4.72 Å². The Morgan fingerprint density at radius 3 is 2.48 bits per heavy atom. The zero-order valence-corrected chi connectivity index (χ0v) is 14.6. The van der Waals surface area contributed by atoms with E-state index in [1.165, 1.54) is 0 Å². The van der Waals surface area contributed by atoms with Gasteiger partial charge >= 0.3 is 0 Å². The van der Waals surface area contributed by atoms with Crippen molar-refractivity contribution < 1.29 is 8.42 Å². The first-order valence-electron chi connectivity index (χ1n) is 6.81. The van der Waals surface area contributed by atoms with Gasteiger partial charge in [-0.15, -0.1) is 12.4 Å². The van der Waals surface area contributed by atoms with Crippen LogP contribution in [-0.2, 0) is 10.0 Å². The predicted octanol–water partition coefficient (Wildman–Crippen LogP) is 3.04. The van der Waals surface area contributed by atoms with E-state index in [-0.39, 0.29) is 34.8 Å². The van der Waals surface area contributed by atoms with E-state index in [1.54, 1.807) is 12.1 Å². The molecule has 21 heavy (non-hydrogen) atoms. The minimum Gasteiger partial charge on any atom is -0.324 e. The first-order chi connectivity index (χ1) is 9.23. The maximum absolute atomic E-state index is 12.4. The zero-order chi connectivity index (χ0) is 15.0. The number of halogens is 2. The van der Waals surface area contributed by atoms with Crippen molar-refractivity contribution in [1.29, 1.82) is 0 Å². The van der Waals surface area contributed by atoms with Gasteiger partial charge in [0.25, 0.3) is 0 Å². The highest BCUT2D eigenvalue weighted by Gasteiger charge is 2.34. The Hall–Kier alpha value is -0.330. The van der Waals surface area contributed by atoms with Gasteiger partial charge in [0.15, 0.2) is 0 Å². The molecule has 0 unspecified atom stereocenters. The number of nitrogens with two attached hydrogens (primary N) is 1. The van der Waals surface area contributed by atoms with Crippen molar-refractivity contribution in [2.45, 2.75) is 49.5 Å². The van der Waals surface area contributed by atoms with Crippen LogP contribution in [0.2, 0.25) is 5.02 Å². The van der Waals surface area contributed by atoms with Gasteiger partial charge < -0.3 is 5.73 Å². The van der Waals surface area contributed by atoms with Gasteiger partial charge in [0, 0.05) is 12.1 Å². The lowest BCUT2D eigenvalue weighted by molar-refractivity contribution is 0.251. The smallest absolute Gasteiger partial charge is 0.242 e. The van der Waals surface area contributed by atoms with Crippen LogP contribution < -0.4 is 10.5 Å². The van der Waals surface area contributed by atoms with Gasteiger partial charge in [-0.3, -0.25) is 0 Å². The second-order valence-corrected chi connectivity index (χ2v) is 8.03. The topological polar surface area (TPSA) is 72.2 Å². The summed E-state index contributed by atoms with van der Waals surface area (Å²) in [5.41, 5.74) is 6.60. The largest absolute Gasteiger partial charge is 0.324 e. The third-order valence-corrected chi connectivity index (χ3v) is 5.76. The summed E-state index contributed by atoms with van der Waals surface area (Å²) in [6.45, 7) is 4.28. The highest BCUT2D eigenvalue weighted by Crippen LogP contribution is 2.30. The average molecular weight is 353 g/mol. The van der Waals surface area contributed by atoms with Crippen LogP contribution in [0.25, 0.3) is 0 Å². The Morgan fingerprint density at radius 1 is 1.38 bits per heavy atom. The SMILES string of the molecule is CC(C)c1ccc(Cl)c(S(=O)(=O)NCC2(N)CCC2)c1.Cl. The highest BCUT2D eigenvalue weighted by molar-refractivity contribution is 7.89. The van der Waals surface area contributed by atoms with Crippen molar-refractivity contribution in [2.75, 3.05) is 6.54 Å². The first kappa shape index (κ1) is 18.7. The Morgan fingerprint density at radius 2 is 2.00 bits per heavy atom. The zero-order valence-electron chi connectivity index (χ0n) is 12.2. The van der Waals surface area contributed by atoms with Crippen molar-refractivity contribution in [3.8, 4) is 0 Å². The third-order valence-electron chi connectivity index (χ3n) is 3.88. The molecule has 4 nitrogen and oxygen atoms in total. The lowest BCUT2D eigenvalue weighted by atomic mass is 9.78. The summed E-state index contributed by atoms with van der Waals surface area (Å²) in [6, 6.07) is 5.12. The van der Waals surface area contributed by atoms with Crippen molar-refractivity contribution in [1.82, 2.24) is 4.72 Å². The Kier molecular flexibility index (Phi) is 6.09. The van der Waals surface area contributed by atoms with E-state index >= 15 is 0 Å². The molecule has 0 aromatic heterocycles. The second kappa shape index (κ2) is 6.84. The summed E-state index contributed by atoms with van der Waals surface area (Å²) in [4.78, 5) is 0.133. The average Bonchev–Trinajstić information content (AvgIpc) is 2.34. The summed E-state index contributed by atoms with van der Waals surface area (Å²) in [5.74, 6) is 0.244. The van der Waals surface area contributed by atoms with Gasteiger partial charge in [-0.25, -0.2) is 13.1 Å². The van der Waals surface area contributed by atoms with Crippen LogP contribution in [0.15, 0.2) is 23.1 Å². The van der Waals surface area contributed by atoms with E-state index in [0.717, 1.165) is 24.8 Å². The molecule has 0 aliphatic heterocycles. The molecule has 1 aromatic rings. The monoisotopic (exact) mass is 352 g/mol. The van der Waals surface area contributed by atoms with Gasteiger partial charge in [0.05, 0.1) is 5.02 Å². The molecule has 0 radical (unpaired) electrons. The van der Waals surface area contributed by atoms with E-state index in [1.807, 2.05) is 19.9 Å². The summed E-state index contributed by atoms with van der Waals surface area (Å²) in [6.07, 6.45) is 2.77. The van der Waals surface area contributed by atoms with Gasteiger partial charge in [0.1, 0.15) is 4.90 Å². The maximum atomic E-state index is 12.4. The third kappa shape index (κ3) is 4.33. The summed E-state index contributed by atoms with van der Waals surface area (Å²) in [5, 5.41) is 0.238. The Balaban J connectivity index is 0.00000220. The molecular formula is C14H22Cl2N2O2S. The Labute approximate surface area is 137 Å². The van der Waals surface area contributed by atoms with E-state index in [4.69, 9.17) is 17.3 Å². The van der Waals surface area contributed by atoms with E-state index in [9.17, 15) is 8.42 Å². The number of nitrogens with one attached hydrogen (secondary N) is 1. The van der Waals surface area contributed by atoms with Crippen LogP contribution >= 0.6 is 24.0 Å². The van der Waals surface area contributed by atoms with Crippen molar-refractivity contribution in [2.24, 2.45) is 5.73 Å². The first-order valence-corrected chi connectivity index (χ1v) is 8.68. The van der Waals surface area contributed by atoms with Gasteiger partial charge in [-0.2, -0.15) is 0 Å². The molecule has 2 rings (SSSR count). The van der Waals surface area contributed by atoms with E-state index in [0.29, 0.717) is 0 Å². The fourth-order valence-electron chi connectivity index (χ4n) is 2.21. The normalized spacial score (nSPS) is 17.2. The fraction of sp³-hybridized carbons (Fsp3) is 0.571. The lowest BCUT2D eigenvalue weighted by Gasteiger charge is -2.38. The molecule has 1 fully saturated rings. The molecule has 1 aliphatic rings.